The highest BCUT2D eigenvalue weighted by molar-refractivity contribution is 5.74. The van der Waals surface area contributed by atoms with Crippen LogP contribution in [-0.2, 0) is 0 Å². The molecule has 1 fully saturated rings. The highest BCUT2D eigenvalue weighted by Gasteiger charge is 2.25. The Morgan fingerprint density at radius 2 is 2.17 bits per heavy atom. The summed E-state index contributed by atoms with van der Waals surface area (Å²) < 4.78 is 0. The molecule has 0 amide bonds. The Morgan fingerprint density at radius 3 is 2.89 bits per heavy atom. The standard InChI is InChI=1S/C15H21N3/c1-10-6-5-9-12(10)16-11(2)15-17-13-7-3-4-8-14(13)18-15/h3-4,7-8,10-12,16H,5-6,9H2,1-2H3,(H,17,18). The molecule has 96 valence electrons. The third kappa shape index (κ3) is 2.15. The highest BCUT2D eigenvalue weighted by atomic mass is 15.0. The molecule has 0 aliphatic heterocycles. The molecule has 18 heavy (non-hydrogen) atoms. The number of rotatable bonds is 3. The predicted molar refractivity (Wildman–Crippen MR) is 74.4 cm³/mol. The molecule has 3 nitrogen and oxygen atoms in total. The van der Waals surface area contributed by atoms with E-state index < -0.39 is 0 Å². The number of nitrogens with one attached hydrogen (secondary N) is 2. The molecule has 3 rings (SSSR count). The second kappa shape index (κ2) is 4.73. The lowest BCUT2D eigenvalue weighted by molar-refractivity contribution is 0.382. The van der Waals surface area contributed by atoms with Gasteiger partial charge >= 0.3 is 0 Å². The van der Waals surface area contributed by atoms with E-state index in [9.17, 15) is 0 Å². The van der Waals surface area contributed by atoms with Gasteiger partial charge in [0.2, 0.25) is 0 Å². The van der Waals surface area contributed by atoms with Crippen molar-refractivity contribution in [3.8, 4) is 0 Å². The van der Waals surface area contributed by atoms with Gasteiger partial charge in [0, 0.05) is 6.04 Å². The molecule has 0 saturated heterocycles. The van der Waals surface area contributed by atoms with Crippen LogP contribution in [0.5, 0.6) is 0 Å². The molecule has 2 N–H and O–H groups in total. The molecule has 1 saturated carbocycles. The first-order chi connectivity index (χ1) is 8.74. The third-order valence-electron chi connectivity index (χ3n) is 4.14. The van der Waals surface area contributed by atoms with Crippen molar-refractivity contribution >= 4 is 11.0 Å². The summed E-state index contributed by atoms with van der Waals surface area (Å²) in [6, 6.07) is 9.15. The second-order valence-electron chi connectivity index (χ2n) is 5.54. The molecule has 0 spiro atoms. The Kier molecular flexibility index (Phi) is 3.08. The lowest BCUT2D eigenvalue weighted by Gasteiger charge is -2.21. The van der Waals surface area contributed by atoms with E-state index in [0.29, 0.717) is 12.1 Å². The molecule has 3 atom stereocenters. The number of fused-ring (bicyclic) bond motifs is 1. The van der Waals surface area contributed by atoms with Crippen molar-refractivity contribution in [1.82, 2.24) is 15.3 Å². The zero-order chi connectivity index (χ0) is 12.5. The zero-order valence-electron chi connectivity index (χ0n) is 11.1. The van der Waals surface area contributed by atoms with Crippen molar-refractivity contribution in [2.75, 3.05) is 0 Å². The lowest BCUT2D eigenvalue weighted by Crippen LogP contribution is -2.33. The molecular formula is C15H21N3. The monoisotopic (exact) mass is 243 g/mol. The van der Waals surface area contributed by atoms with Gasteiger partial charge in [0.05, 0.1) is 17.1 Å². The Balaban J connectivity index is 1.77. The van der Waals surface area contributed by atoms with E-state index in [1.165, 1.54) is 19.3 Å². The molecule has 3 heteroatoms. The van der Waals surface area contributed by atoms with Gasteiger partial charge in [-0.3, -0.25) is 0 Å². The largest absolute Gasteiger partial charge is 0.341 e. The van der Waals surface area contributed by atoms with E-state index in [1.54, 1.807) is 0 Å². The first-order valence-corrected chi connectivity index (χ1v) is 6.95. The fraction of sp³-hybridized carbons (Fsp3) is 0.533. The Labute approximate surface area is 108 Å². The summed E-state index contributed by atoms with van der Waals surface area (Å²) in [5.41, 5.74) is 2.18. The van der Waals surface area contributed by atoms with Gasteiger partial charge in [-0.15, -0.1) is 0 Å². The summed E-state index contributed by atoms with van der Waals surface area (Å²) in [6.07, 6.45) is 4.00. The normalized spacial score (nSPS) is 25.7. The minimum atomic E-state index is 0.294. The van der Waals surface area contributed by atoms with Crippen LogP contribution < -0.4 is 5.32 Å². The number of hydrogen-bond acceptors (Lipinski definition) is 2. The van der Waals surface area contributed by atoms with Crippen LogP contribution in [0, 0.1) is 5.92 Å². The smallest absolute Gasteiger partial charge is 0.124 e. The molecule has 1 aromatic heterocycles. The second-order valence-corrected chi connectivity index (χ2v) is 5.54. The van der Waals surface area contributed by atoms with Crippen LogP contribution in [-0.4, -0.2) is 16.0 Å². The number of aromatic nitrogens is 2. The minimum Gasteiger partial charge on any atom is -0.341 e. The molecule has 1 aromatic carbocycles. The van der Waals surface area contributed by atoms with Crippen LogP contribution >= 0.6 is 0 Å². The van der Waals surface area contributed by atoms with Crippen molar-refractivity contribution in [2.45, 2.75) is 45.2 Å². The first kappa shape index (κ1) is 11.7. The first-order valence-electron chi connectivity index (χ1n) is 6.95. The fourth-order valence-corrected chi connectivity index (χ4v) is 2.97. The highest BCUT2D eigenvalue weighted by Crippen LogP contribution is 2.27. The summed E-state index contributed by atoms with van der Waals surface area (Å²) in [4.78, 5) is 8.07. The molecule has 1 heterocycles. The van der Waals surface area contributed by atoms with Crippen LogP contribution in [0.1, 0.15) is 45.0 Å². The van der Waals surface area contributed by atoms with Gasteiger partial charge in [0.25, 0.3) is 0 Å². The summed E-state index contributed by atoms with van der Waals surface area (Å²) >= 11 is 0. The SMILES string of the molecule is CC(NC1CCCC1C)c1nc2ccccc2[nH]1. The quantitative estimate of drug-likeness (QED) is 0.867. The minimum absolute atomic E-state index is 0.294. The Bertz CT molecular complexity index is 498. The van der Waals surface area contributed by atoms with Crippen molar-refractivity contribution in [2.24, 2.45) is 5.92 Å². The third-order valence-corrected chi connectivity index (χ3v) is 4.14. The average molecular weight is 243 g/mol. The summed E-state index contributed by atoms with van der Waals surface area (Å²) in [5, 5.41) is 3.71. The van der Waals surface area contributed by atoms with E-state index in [0.717, 1.165) is 22.8 Å². The van der Waals surface area contributed by atoms with Crippen LogP contribution in [0.25, 0.3) is 11.0 Å². The molecule has 1 aliphatic carbocycles. The number of H-pyrrole nitrogens is 1. The van der Waals surface area contributed by atoms with Gasteiger partial charge in [-0.25, -0.2) is 4.98 Å². The van der Waals surface area contributed by atoms with E-state index in [4.69, 9.17) is 0 Å². The summed E-state index contributed by atoms with van der Waals surface area (Å²) in [7, 11) is 0. The lowest BCUT2D eigenvalue weighted by atomic mass is 10.1. The average Bonchev–Trinajstić information content (AvgIpc) is 2.96. The van der Waals surface area contributed by atoms with Gasteiger partial charge in [-0.05, 0) is 37.8 Å². The van der Waals surface area contributed by atoms with Crippen LogP contribution in [0.4, 0.5) is 0 Å². The number of hydrogen-bond donors (Lipinski definition) is 2. The predicted octanol–water partition coefficient (Wildman–Crippen LogP) is 3.40. The maximum atomic E-state index is 4.66. The molecule has 0 bridgehead atoms. The van der Waals surface area contributed by atoms with Crippen molar-refractivity contribution in [3.05, 3.63) is 30.1 Å². The van der Waals surface area contributed by atoms with E-state index >= 15 is 0 Å². The van der Waals surface area contributed by atoms with Gasteiger partial charge in [-0.2, -0.15) is 0 Å². The maximum absolute atomic E-state index is 4.66. The van der Waals surface area contributed by atoms with Gasteiger partial charge in [-0.1, -0.05) is 25.5 Å². The zero-order valence-corrected chi connectivity index (χ0v) is 11.1. The molecule has 3 unspecified atom stereocenters. The number of imidazole rings is 1. The maximum Gasteiger partial charge on any atom is 0.124 e. The van der Waals surface area contributed by atoms with Gasteiger partial charge in [0.1, 0.15) is 5.82 Å². The van der Waals surface area contributed by atoms with Crippen LogP contribution in [0.15, 0.2) is 24.3 Å². The topological polar surface area (TPSA) is 40.7 Å². The Morgan fingerprint density at radius 1 is 1.33 bits per heavy atom. The summed E-state index contributed by atoms with van der Waals surface area (Å²) in [6.45, 7) is 4.54. The molecule has 1 aliphatic rings. The van der Waals surface area contributed by atoms with Crippen LogP contribution in [0.2, 0.25) is 0 Å². The fourth-order valence-electron chi connectivity index (χ4n) is 2.97. The van der Waals surface area contributed by atoms with E-state index in [1.807, 2.05) is 12.1 Å². The molecule has 2 aromatic rings. The number of para-hydroxylation sites is 2. The molecule has 0 radical (unpaired) electrons. The number of aromatic amines is 1. The van der Waals surface area contributed by atoms with Crippen molar-refractivity contribution in [1.29, 1.82) is 0 Å². The number of nitrogens with zero attached hydrogens (tertiary/aromatic N) is 1. The van der Waals surface area contributed by atoms with Gasteiger partial charge < -0.3 is 10.3 Å². The number of benzene rings is 1. The molecular weight excluding hydrogens is 222 g/mol. The summed E-state index contributed by atoms with van der Waals surface area (Å²) in [5.74, 6) is 1.84. The van der Waals surface area contributed by atoms with Crippen molar-refractivity contribution in [3.63, 3.8) is 0 Å². The van der Waals surface area contributed by atoms with E-state index in [-0.39, 0.29) is 0 Å². The van der Waals surface area contributed by atoms with Crippen molar-refractivity contribution < 1.29 is 0 Å². The van der Waals surface area contributed by atoms with E-state index in [2.05, 4.69) is 41.3 Å². The Hall–Kier alpha value is -1.35. The van der Waals surface area contributed by atoms with Gasteiger partial charge in [0.15, 0.2) is 0 Å². The van der Waals surface area contributed by atoms with Crippen LogP contribution in [0.3, 0.4) is 0 Å².